The molecule has 2 aromatic carbocycles. The first kappa shape index (κ1) is 12.8. The molecule has 94 valence electrons. The van der Waals surface area contributed by atoms with Gasteiger partial charge >= 0.3 is 0 Å². The molecule has 0 saturated carbocycles. The molecule has 0 aliphatic rings. The summed E-state index contributed by atoms with van der Waals surface area (Å²) in [6, 6.07) is 16.5. The zero-order valence-electron chi connectivity index (χ0n) is 11.1. The van der Waals surface area contributed by atoms with Crippen molar-refractivity contribution in [2.24, 2.45) is 0 Å². The third-order valence-corrected chi connectivity index (χ3v) is 3.26. The summed E-state index contributed by atoms with van der Waals surface area (Å²) in [5, 5.41) is 10.3. The Morgan fingerprint density at radius 3 is 2.44 bits per heavy atom. The number of aliphatic hydroxyl groups is 1. The Bertz CT molecular complexity index is 517. The highest BCUT2D eigenvalue weighted by atomic mass is 16.3. The zero-order chi connectivity index (χ0) is 13.0. The maximum Gasteiger partial charge on any atom is 0.0830 e. The summed E-state index contributed by atoms with van der Waals surface area (Å²) in [5.41, 5.74) is 4.71. The van der Waals surface area contributed by atoms with Crippen molar-refractivity contribution in [2.75, 3.05) is 0 Å². The van der Waals surface area contributed by atoms with E-state index >= 15 is 0 Å². The Morgan fingerprint density at radius 1 is 1.00 bits per heavy atom. The zero-order valence-corrected chi connectivity index (χ0v) is 11.1. The average Bonchev–Trinajstić information content (AvgIpc) is 2.39. The first-order valence-corrected chi connectivity index (χ1v) is 6.51. The van der Waals surface area contributed by atoms with Crippen LogP contribution in [0.15, 0.2) is 48.5 Å². The molecule has 1 heteroatoms. The number of hydrogen-bond acceptors (Lipinski definition) is 1. The van der Waals surface area contributed by atoms with Gasteiger partial charge in [0.15, 0.2) is 0 Å². The van der Waals surface area contributed by atoms with Crippen molar-refractivity contribution in [3.63, 3.8) is 0 Å². The number of benzene rings is 2. The number of hydrogen-bond donors (Lipinski definition) is 1. The van der Waals surface area contributed by atoms with Gasteiger partial charge in [-0.3, -0.25) is 0 Å². The van der Waals surface area contributed by atoms with E-state index < -0.39 is 6.10 Å². The maximum atomic E-state index is 10.3. The van der Waals surface area contributed by atoms with Gasteiger partial charge in [-0.2, -0.15) is 0 Å². The van der Waals surface area contributed by atoms with Gasteiger partial charge < -0.3 is 5.11 Å². The van der Waals surface area contributed by atoms with Crippen molar-refractivity contribution in [3.05, 3.63) is 70.8 Å². The lowest BCUT2D eigenvalue weighted by molar-refractivity contribution is 0.178. The first-order chi connectivity index (χ1) is 8.69. The van der Waals surface area contributed by atoms with E-state index in [1.807, 2.05) is 18.2 Å². The Kier molecular flexibility index (Phi) is 4.16. The van der Waals surface area contributed by atoms with E-state index in [9.17, 15) is 5.11 Å². The van der Waals surface area contributed by atoms with Crippen LogP contribution in [0, 0.1) is 6.92 Å². The molecule has 1 nitrogen and oxygen atoms in total. The Morgan fingerprint density at radius 2 is 1.72 bits per heavy atom. The minimum Gasteiger partial charge on any atom is -0.388 e. The van der Waals surface area contributed by atoms with E-state index in [2.05, 4.69) is 44.2 Å². The van der Waals surface area contributed by atoms with Crippen LogP contribution in [0.3, 0.4) is 0 Å². The molecule has 0 spiro atoms. The quantitative estimate of drug-likeness (QED) is 0.861. The molecule has 0 aliphatic carbocycles. The van der Waals surface area contributed by atoms with E-state index in [0.29, 0.717) is 6.42 Å². The molecule has 0 bridgehead atoms. The molecule has 2 aromatic rings. The molecule has 0 amide bonds. The summed E-state index contributed by atoms with van der Waals surface area (Å²) in [7, 11) is 0. The second-order valence-electron chi connectivity index (χ2n) is 4.81. The minimum absolute atomic E-state index is 0.418. The Labute approximate surface area is 109 Å². The van der Waals surface area contributed by atoms with E-state index in [1.54, 1.807) is 0 Å². The van der Waals surface area contributed by atoms with Crippen LogP contribution in [0.5, 0.6) is 0 Å². The normalized spacial score (nSPS) is 12.4. The van der Waals surface area contributed by atoms with Gasteiger partial charge in [0.25, 0.3) is 0 Å². The van der Waals surface area contributed by atoms with Gasteiger partial charge in [-0.15, -0.1) is 0 Å². The van der Waals surface area contributed by atoms with Crippen molar-refractivity contribution in [3.8, 4) is 0 Å². The van der Waals surface area contributed by atoms with Crippen LogP contribution in [0.2, 0.25) is 0 Å². The fourth-order valence-electron chi connectivity index (χ4n) is 2.20. The standard InChI is InChI=1S/C17H20O/c1-3-14-7-5-9-16(11-14)17(18)12-15-8-4-6-13(2)10-15/h4-11,17-18H,3,12H2,1-2H3. The molecule has 1 N–H and O–H groups in total. The van der Waals surface area contributed by atoms with Gasteiger partial charge in [0.2, 0.25) is 0 Å². The molecular formula is C17H20O. The monoisotopic (exact) mass is 240 g/mol. The average molecular weight is 240 g/mol. The second kappa shape index (κ2) is 5.83. The van der Waals surface area contributed by atoms with Crippen molar-refractivity contribution in [1.82, 2.24) is 0 Å². The lowest BCUT2D eigenvalue weighted by Gasteiger charge is -2.12. The second-order valence-corrected chi connectivity index (χ2v) is 4.81. The minimum atomic E-state index is -0.418. The van der Waals surface area contributed by atoms with Crippen molar-refractivity contribution in [2.45, 2.75) is 32.8 Å². The van der Waals surface area contributed by atoms with Crippen LogP contribution in [-0.2, 0) is 12.8 Å². The lowest BCUT2D eigenvalue weighted by Crippen LogP contribution is -2.02. The lowest BCUT2D eigenvalue weighted by atomic mass is 9.98. The molecule has 0 radical (unpaired) electrons. The highest BCUT2D eigenvalue weighted by Gasteiger charge is 2.08. The van der Waals surface area contributed by atoms with Gasteiger partial charge in [-0.25, -0.2) is 0 Å². The molecule has 0 fully saturated rings. The Balaban J connectivity index is 2.13. The van der Waals surface area contributed by atoms with Crippen LogP contribution in [0.4, 0.5) is 0 Å². The summed E-state index contributed by atoms with van der Waals surface area (Å²) >= 11 is 0. The van der Waals surface area contributed by atoms with Gasteiger partial charge in [0, 0.05) is 6.42 Å². The molecule has 0 aromatic heterocycles. The van der Waals surface area contributed by atoms with E-state index in [0.717, 1.165) is 12.0 Å². The third kappa shape index (κ3) is 3.21. The Hall–Kier alpha value is -1.60. The first-order valence-electron chi connectivity index (χ1n) is 6.51. The van der Waals surface area contributed by atoms with Crippen molar-refractivity contribution in [1.29, 1.82) is 0 Å². The summed E-state index contributed by atoms with van der Waals surface area (Å²) < 4.78 is 0. The van der Waals surface area contributed by atoms with Gasteiger partial charge in [0.1, 0.15) is 0 Å². The van der Waals surface area contributed by atoms with Crippen molar-refractivity contribution >= 4 is 0 Å². The number of aryl methyl sites for hydroxylation is 2. The SMILES string of the molecule is CCc1cccc(C(O)Cc2cccc(C)c2)c1. The van der Waals surface area contributed by atoms with E-state index in [-0.39, 0.29) is 0 Å². The predicted octanol–water partition coefficient (Wildman–Crippen LogP) is 3.83. The molecule has 0 saturated heterocycles. The van der Waals surface area contributed by atoms with Gasteiger partial charge in [0.05, 0.1) is 6.10 Å². The number of aliphatic hydroxyl groups excluding tert-OH is 1. The third-order valence-electron chi connectivity index (χ3n) is 3.26. The molecule has 2 rings (SSSR count). The van der Waals surface area contributed by atoms with Gasteiger partial charge in [-0.1, -0.05) is 61.0 Å². The van der Waals surface area contributed by atoms with Crippen LogP contribution < -0.4 is 0 Å². The highest BCUT2D eigenvalue weighted by molar-refractivity contribution is 5.28. The topological polar surface area (TPSA) is 20.2 Å². The summed E-state index contributed by atoms with van der Waals surface area (Å²) in [4.78, 5) is 0. The summed E-state index contributed by atoms with van der Waals surface area (Å²) in [6.45, 7) is 4.21. The van der Waals surface area contributed by atoms with Crippen LogP contribution in [0.25, 0.3) is 0 Å². The van der Waals surface area contributed by atoms with E-state index in [4.69, 9.17) is 0 Å². The highest BCUT2D eigenvalue weighted by Crippen LogP contribution is 2.20. The van der Waals surface area contributed by atoms with E-state index in [1.165, 1.54) is 16.7 Å². The molecule has 1 atom stereocenters. The molecule has 18 heavy (non-hydrogen) atoms. The predicted molar refractivity (Wildman–Crippen MR) is 75.7 cm³/mol. The molecular weight excluding hydrogens is 220 g/mol. The van der Waals surface area contributed by atoms with Crippen molar-refractivity contribution < 1.29 is 5.11 Å². The largest absolute Gasteiger partial charge is 0.388 e. The maximum absolute atomic E-state index is 10.3. The van der Waals surface area contributed by atoms with Crippen LogP contribution in [0.1, 0.15) is 35.3 Å². The molecule has 0 heterocycles. The molecule has 1 unspecified atom stereocenters. The van der Waals surface area contributed by atoms with Crippen LogP contribution >= 0.6 is 0 Å². The van der Waals surface area contributed by atoms with Crippen LogP contribution in [-0.4, -0.2) is 5.11 Å². The summed E-state index contributed by atoms with van der Waals surface area (Å²) in [6.07, 6.45) is 1.26. The smallest absolute Gasteiger partial charge is 0.0830 e. The number of rotatable bonds is 4. The fraction of sp³-hybridized carbons (Fsp3) is 0.294. The summed E-state index contributed by atoms with van der Waals surface area (Å²) in [5.74, 6) is 0. The fourth-order valence-corrected chi connectivity index (χ4v) is 2.20. The van der Waals surface area contributed by atoms with Gasteiger partial charge in [-0.05, 0) is 30.0 Å². The molecule has 0 aliphatic heterocycles.